The third-order valence-corrected chi connectivity index (χ3v) is 5.23. The van der Waals surface area contributed by atoms with E-state index in [1.165, 1.54) is 21.9 Å². The van der Waals surface area contributed by atoms with E-state index in [4.69, 9.17) is 0 Å². The van der Waals surface area contributed by atoms with Crippen LogP contribution in [0, 0.1) is 13.8 Å². The normalized spacial score (nSPS) is 16.7. The summed E-state index contributed by atoms with van der Waals surface area (Å²) in [6.07, 6.45) is -2.63. The molecule has 1 amide bonds. The minimum absolute atomic E-state index is 0.0717. The van der Waals surface area contributed by atoms with Crippen LogP contribution in [-0.4, -0.2) is 51.7 Å². The number of amides is 1. The van der Waals surface area contributed by atoms with Crippen LogP contribution in [0.15, 0.2) is 30.3 Å². The molecule has 1 atom stereocenters. The van der Waals surface area contributed by atoms with E-state index in [0.717, 1.165) is 19.6 Å². The number of alkyl halides is 2. The molecule has 2 aromatic rings. The molecule has 1 fully saturated rings. The molecule has 3 rings (SSSR count). The van der Waals surface area contributed by atoms with Crippen LogP contribution < -0.4 is 0 Å². The van der Waals surface area contributed by atoms with Crippen molar-refractivity contribution in [3.63, 3.8) is 0 Å². The maximum atomic E-state index is 12.9. The first-order valence-corrected chi connectivity index (χ1v) is 9.26. The number of piperazine rings is 1. The Morgan fingerprint density at radius 3 is 2.41 bits per heavy atom. The van der Waals surface area contributed by atoms with Gasteiger partial charge in [0, 0.05) is 38.4 Å². The van der Waals surface area contributed by atoms with Gasteiger partial charge in [0.05, 0.1) is 0 Å². The fourth-order valence-corrected chi connectivity index (χ4v) is 3.53. The average Bonchev–Trinajstić information content (AvgIpc) is 3.05. The zero-order valence-electron chi connectivity index (χ0n) is 16.0. The van der Waals surface area contributed by atoms with E-state index in [9.17, 15) is 13.6 Å². The van der Waals surface area contributed by atoms with E-state index >= 15 is 0 Å². The Balaban J connectivity index is 1.59. The maximum absolute atomic E-state index is 12.9. The second kappa shape index (κ2) is 8.17. The van der Waals surface area contributed by atoms with Crippen molar-refractivity contribution in [2.24, 2.45) is 0 Å². The fourth-order valence-electron chi connectivity index (χ4n) is 3.53. The van der Waals surface area contributed by atoms with Crippen molar-refractivity contribution in [3.05, 3.63) is 52.8 Å². The standard InChI is InChI=1S/C20H26F2N4O/c1-14-6-4-5-7-17(14)13-24-8-10-25(11-9-24)20(27)16(3)26-15(2)12-18(23-26)19(21)22/h4-7,12,16,19H,8-11,13H2,1-3H3. The van der Waals surface area contributed by atoms with Crippen molar-refractivity contribution in [1.82, 2.24) is 19.6 Å². The van der Waals surface area contributed by atoms with Gasteiger partial charge < -0.3 is 4.90 Å². The third-order valence-electron chi connectivity index (χ3n) is 5.23. The lowest BCUT2D eigenvalue weighted by atomic mass is 10.1. The summed E-state index contributed by atoms with van der Waals surface area (Å²) in [6.45, 7) is 9.27. The van der Waals surface area contributed by atoms with Gasteiger partial charge in [-0.3, -0.25) is 14.4 Å². The molecule has 1 aliphatic rings. The van der Waals surface area contributed by atoms with Crippen molar-refractivity contribution < 1.29 is 13.6 Å². The summed E-state index contributed by atoms with van der Waals surface area (Å²) >= 11 is 0. The minimum atomic E-state index is -2.63. The number of nitrogens with zero attached hydrogens (tertiary/aromatic N) is 4. The number of aromatic nitrogens is 2. The molecule has 5 nitrogen and oxygen atoms in total. The first-order chi connectivity index (χ1) is 12.9. The van der Waals surface area contributed by atoms with Crippen LogP contribution in [0.25, 0.3) is 0 Å². The molecule has 0 saturated carbocycles. The van der Waals surface area contributed by atoms with Crippen molar-refractivity contribution in [2.75, 3.05) is 26.2 Å². The maximum Gasteiger partial charge on any atom is 0.282 e. The molecule has 0 spiro atoms. The molecule has 0 aliphatic carbocycles. The lowest BCUT2D eigenvalue weighted by Gasteiger charge is -2.36. The monoisotopic (exact) mass is 376 g/mol. The highest BCUT2D eigenvalue weighted by molar-refractivity contribution is 5.80. The lowest BCUT2D eigenvalue weighted by molar-refractivity contribution is -0.136. The summed E-state index contributed by atoms with van der Waals surface area (Å²) in [7, 11) is 0. The molecular weight excluding hydrogens is 350 g/mol. The van der Waals surface area contributed by atoms with Gasteiger partial charge in [-0.05, 0) is 38.0 Å². The molecule has 1 aromatic carbocycles. The number of hydrogen-bond acceptors (Lipinski definition) is 3. The topological polar surface area (TPSA) is 41.4 Å². The minimum Gasteiger partial charge on any atom is -0.338 e. The van der Waals surface area contributed by atoms with Gasteiger partial charge in [0.2, 0.25) is 5.91 Å². The van der Waals surface area contributed by atoms with E-state index in [-0.39, 0.29) is 11.6 Å². The number of hydrogen-bond donors (Lipinski definition) is 0. The number of aryl methyl sites for hydroxylation is 2. The van der Waals surface area contributed by atoms with Gasteiger partial charge in [-0.25, -0.2) is 8.78 Å². The zero-order valence-corrected chi connectivity index (χ0v) is 16.0. The Hall–Kier alpha value is -2.28. The molecule has 1 aromatic heterocycles. The van der Waals surface area contributed by atoms with Gasteiger partial charge in [-0.2, -0.15) is 5.10 Å². The summed E-state index contributed by atoms with van der Waals surface area (Å²) in [6, 6.07) is 9.08. The molecule has 7 heteroatoms. The Morgan fingerprint density at radius 1 is 1.15 bits per heavy atom. The summed E-state index contributed by atoms with van der Waals surface area (Å²) in [5.41, 5.74) is 2.87. The quantitative estimate of drug-likeness (QED) is 0.804. The number of carbonyl (C=O) groups is 1. The van der Waals surface area contributed by atoms with E-state index in [1.54, 1.807) is 13.8 Å². The fraction of sp³-hybridized carbons (Fsp3) is 0.500. The Morgan fingerprint density at radius 2 is 1.81 bits per heavy atom. The van der Waals surface area contributed by atoms with Gasteiger partial charge in [0.15, 0.2) is 0 Å². The van der Waals surface area contributed by atoms with Crippen LogP contribution in [0.1, 0.15) is 41.9 Å². The van der Waals surface area contributed by atoms with Crippen LogP contribution in [-0.2, 0) is 11.3 Å². The number of rotatable bonds is 5. The van der Waals surface area contributed by atoms with Crippen molar-refractivity contribution in [1.29, 1.82) is 0 Å². The largest absolute Gasteiger partial charge is 0.338 e. The summed E-state index contributed by atoms with van der Waals surface area (Å²) in [5.74, 6) is -0.0717. The molecule has 0 bridgehead atoms. The first kappa shape index (κ1) is 19.5. The summed E-state index contributed by atoms with van der Waals surface area (Å²) in [5, 5.41) is 3.91. The highest BCUT2D eigenvalue weighted by Crippen LogP contribution is 2.22. The van der Waals surface area contributed by atoms with E-state index < -0.39 is 12.5 Å². The Labute approximate surface area is 158 Å². The number of carbonyl (C=O) groups excluding carboxylic acids is 1. The molecule has 1 unspecified atom stereocenters. The third kappa shape index (κ3) is 4.35. The zero-order chi connectivity index (χ0) is 19.6. The van der Waals surface area contributed by atoms with Gasteiger partial charge >= 0.3 is 0 Å². The highest BCUT2D eigenvalue weighted by Gasteiger charge is 2.28. The molecule has 1 aliphatic heterocycles. The van der Waals surface area contributed by atoms with Crippen LogP contribution >= 0.6 is 0 Å². The van der Waals surface area contributed by atoms with E-state index in [2.05, 4.69) is 29.1 Å². The Kier molecular flexibility index (Phi) is 5.89. The van der Waals surface area contributed by atoms with Gasteiger partial charge in [-0.15, -0.1) is 0 Å². The highest BCUT2D eigenvalue weighted by atomic mass is 19.3. The molecule has 0 N–H and O–H groups in total. The second-order valence-corrected chi connectivity index (χ2v) is 7.16. The summed E-state index contributed by atoms with van der Waals surface area (Å²) in [4.78, 5) is 17.0. The van der Waals surface area contributed by atoms with Crippen LogP contribution in [0.2, 0.25) is 0 Å². The molecule has 0 radical (unpaired) electrons. The van der Waals surface area contributed by atoms with Gasteiger partial charge in [0.1, 0.15) is 11.7 Å². The number of benzene rings is 1. The SMILES string of the molecule is Cc1ccccc1CN1CCN(C(=O)C(C)n2nc(C(F)F)cc2C)CC1. The predicted octanol–water partition coefficient (Wildman–Crippen LogP) is 3.34. The van der Waals surface area contributed by atoms with Gasteiger partial charge in [-0.1, -0.05) is 24.3 Å². The van der Waals surface area contributed by atoms with Crippen molar-refractivity contribution in [3.8, 4) is 0 Å². The Bertz CT molecular complexity index is 797. The smallest absolute Gasteiger partial charge is 0.282 e. The molecule has 2 heterocycles. The molecule has 146 valence electrons. The molecule has 27 heavy (non-hydrogen) atoms. The molecule has 1 saturated heterocycles. The van der Waals surface area contributed by atoms with Gasteiger partial charge in [0.25, 0.3) is 6.43 Å². The van der Waals surface area contributed by atoms with E-state index in [0.29, 0.717) is 18.8 Å². The van der Waals surface area contributed by atoms with Crippen molar-refractivity contribution in [2.45, 2.75) is 39.8 Å². The average molecular weight is 376 g/mol. The van der Waals surface area contributed by atoms with Crippen LogP contribution in [0.3, 0.4) is 0 Å². The van der Waals surface area contributed by atoms with E-state index in [1.807, 2.05) is 17.0 Å². The molecular formula is C20H26F2N4O. The number of halogens is 2. The first-order valence-electron chi connectivity index (χ1n) is 9.26. The second-order valence-electron chi connectivity index (χ2n) is 7.16. The predicted molar refractivity (Wildman–Crippen MR) is 99.7 cm³/mol. The summed E-state index contributed by atoms with van der Waals surface area (Å²) < 4.78 is 27.1. The van der Waals surface area contributed by atoms with Crippen LogP contribution in [0.4, 0.5) is 8.78 Å². The van der Waals surface area contributed by atoms with Crippen molar-refractivity contribution >= 4 is 5.91 Å². The van der Waals surface area contributed by atoms with Crippen LogP contribution in [0.5, 0.6) is 0 Å². The lowest BCUT2D eigenvalue weighted by Crippen LogP contribution is -2.50.